The molecule has 1 N–H and O–H groups in total. The minimum Gasteiger partial charge on any atom is -0.406 e. The number of alkyl halides is 3. The molecule has 152 valence electrons. The van der Waals surface area contributed by atoms with Crippen LogP contribution in [0.15, 0.2) is 53.7 Å². The molecule has 3 aromatic rings. The molecule has 0 aliphatic heterocycles. The normalized spacial score (nSPS) is 11.3. The Morgan fingerprint density at radius 1 is 1.14 bits per heavy atom. The standard InChI is InChI=1S/C17H13F4N5O2S/c18-14-4-2-1-3-11(14)9-22-15(27)10-29-16-23-24-25-26(16)12-5-7-13(8-6-12)28-17(19,20)21/h1-8H,9-10H2,(H,22,27). The quantitative estimate of drug-likeness (QED) is 0.461. The van der Waals surface area contributed by atoms with Crippen molar-refractivity contribution < 1.29 is 27.1 Å². The summed E-state index contributed by atoms with van der Waals surface area (Å²) in [6.07, 6.45) is -4.78. The lowest BCUT2D eigenvalue weighted by Gasteiger charge is -2.09. The second kappa shape index (κ2) is 8.90. The van der Waals surface area contributed by atoms with Crippen molar-refractivity contribution in [3.63, 3.8) is 0 Å². The predicted molar refractivity (Wildman–Crippen MR) is 94.8 cm³/mol. The van der Waals surface area contributed by atoms with Gasteiger partial charge in [-0.1, -0.05) is 30.0 Å². The van der Waals surface area contributed by atoms with E-state index in [1.807, 2.05) is 0 Å². The maximum atomic E-state index is 13.6. The first-order valence-corrected chi connectivity index (χ1v) is 9.08. The summed E-state index contributed by atoms with van der Waals surface area (Å²) in [6, 6.07) is 11.0. The molecule has 0 spiro atoms. The number of halogens is 4. The molecule has 1 heterocycles. The first kappa shape index (κ1) is 20.6. The van der Waals surface area contributed by atoms with Gasteiger partial charge in [-0.2, -0.15) is 4.68 Å². The number of rotatable bonds is 7. The van der Waals surface area contributed by atoms with Crippen LogP contribution in [0.5, 0.6) is 5.75 Å². The Hall–Kier alpha value is -3.15. The molecule has 0 unspecified atom stereocenters. The lowest BCUT2D eigenvalue weighted by atomic mass is 10.2. The van der Waals surface area contributed by atoms with E-state index in [1.165, 1.54) is 22.9 Å². The first-order valence-electron chi connectivity index (χ1n) is 8.09. The van der Waals surface area contributed by atoms with Crippen molar-refractivity contribution in [1.82, 2.24) is 25.5 Å². The summed E-state index contributed by atoms with van der Waals surface area (Å²) in [5.41, 5.74) is 0.746. The number of hydrogen-bond donors (Lipinski definition) is 1. The van der Waals surface area contributed by atoms with Gasteiger partial charge in [0, 0.05) is 12.1 Å². The second-order valence-electron chi connectivity index (χ2n) is 5.57. The zero-order chi connectivity index (χ0) is 20.9. The number of tetrazole rings is 1. The molecule has 0 radical (unpaired) electrons. The van der Waals surface area contributed by atoms with Crippen LogP contribution in [0.3, 0.4) is 0 Å². The third-order valence-corrected chi connectivity index (χ3v) is 4.44. The number of aromatic nitrogens is 4. The molecule has 29 heavy (non-hydrogen) atoms. The number of ether oxygens (including phenoxy) is 1. The zero-order valence-corrected chi connectivity index (χ0v) is 15.4. The number of amides is 1. The van der Waals surface area contributed by atoms with Crippen LogP contribution >= 0.6 is 11.8 Å². The third-order valence-electron chi connectivity index (χ3n) is 3.52. The first-order chi connectivity index (χ1) is 13.8. The summed E-state index contributed by atoms with van der Waals surface area (Å²) < 4.78 is 55.3. The van der Waals surface area contributed by atoms with Crippen LogP contribution in [0.2, 0.25) is 0 Å². The monoisotopic (exact) mass is 427 g/mol. The van der Waals surface area contributed by atoms with Crippen molar-refractivity contribution >= 4 is 17.7 Å². The van der Waals surface area contributed by atoms with Gasteiger partial charge in [-0.25, -0.2) is 4.39 Å². The molecular weight excluding hydrogens is 414 g/mol. The van der Waals surface area contributed by atoms with Crippen LogP contribution in [-0.2, 0) is 11.3 Å². The zero-order valence-electron chi connectivity index (χ0n) is 14.6. The van der Waals surface area contributed by atoms with E-state index in [2.05, 4.69) is 25.6 Å². The lowest BCUT2D eigenvalue weighted by Crippen LogP contribution is -2.25. The molecule has 0 bridgehead atoms. The molecule has 0 saturated heterocycles. The van der Waals surface area contributed by atoms with E-state index in [0.29, 0.717) is 11.3 Å². The molecule has 0 fully saturated rings. The van der Waals surface area contributed by atoms with Gasteiger partial charge in [0.2, 0.25) is 11.1 Å². The van der Waals surface area contributed by atoms with Crippen molar-refractivity contribution in [1.29, 1.82) is 0 Å². The van der Waals surface area contributed by atoms with Crippen molar-refractivity contribution in [2.24, 2.45) is 0 Å². The Labute approximate surface area is 166 Å². The molecule has 7 nitrogen and oxygen atoms in total. The van der Waals surface area contributed by atoms with E-state index < -0.39 is 12.2 Å². The summed E-state index contributed by atoms with van der Waals surface area (Å²) in [5.74, 6) is -1.19. The van der Waals surface area contributed by atoms with Gasteiger partial charge < -0.3 is 10.1 Å². The summed E-state index contributed by atoms with van der Waals surface area (Å²) in [6.45, 7) is 0.0394. The molecule has 0 saturated carbocycles. The van der Waals surface area contributed by atoms with Crippen molar-refractivity contribution in [3.05, 3.63) is 59.9 Å². The van der Waals surface area contributed by atoms with Crippen LogP contribution in [0, 0.1) is 5.82 Å². The van der Waals surface area contributed by atoms with Crippen LogP contribution < -0.4 is 10.1 Å². The van der Waals surface area contributed by atoms with E-state index in [1.54, 1.807) is 18.2 Å². The molecule has 3 rings (SSSR count). The summed E-state index contributed by atoms with van der Waals surface area (Å²) in [7, 11) is 0. The number of nitrogens with one attached hydrogen (secondary N) is 1. The van der Waals surface area contributed by atoms with Crippen LogP contribution in [0.1, 0.15) is 5.56 Å². The van der Waals surface area contributed by atoms with Gasteiger partial charge >= 0.3 is 6.36 Å². The molecule has 2 aromatic carbocycles. The van der Waals surface area contributed by atoms with Crippen LogP contribution in [0.4, 0.5) is 17.6 Å². The second-order valence-corrected chi connectivity index (χ2v) is 6.51. The van der Waals surface area contributed by atoms with Crippen molar-refractivity contribution in [2.75, 3.05) is 5.75 Å². The largest absolute Gasteiger partial charge is 0.573 e. The SMILES string of the molecule is O=C(CSc1nnnn1-c1ccc(OC(F)(F)F)cc1)NCc1ccccc1F. The van der Waals surface area contributed by atoms with Crippen molar-refractivity contribution in [3.8, 4) is 11.4 Å². The average Bonchev–Trinajstić information content (AvgIpc) is 3.14. The Morgan fingerprint density at radius 3 is 2.55 bits per heavy atom. The molecule has 12 heteroatoms. The lowest BCUT2D eigenvalue weighted by molar-refractivity contribution is -0.274. The van der Waals surface area contributed by atoms with Gasteiger partial charge in [0.1, 0.15) is 11.6 Å². The Morgan fingerprint density at radius 2 is 1.86 bits per heavy atom. The molecule has 0 aliphatic carbocycles. The third kappa shape index (κ3) is 5.91. The van der Waals surface area contributed by atoms with E-state index in [0.717, 1.165) is 23.9 Å². The highest BCUT2D eigenvalue weighted by molar-refractivity contribution is 7.99. The fourth-order valence-corrected chi connectivity index (χ4v) is 2.96. The van der Waals surface area contributed by atoms with Crippen LogP contribution in [0.25, 0.3) is 5.69 Å². The molecule has 1 amide bonds. The highest BCUT2D eigenvalue weighted by Gasteiger charge is 2.31. The van der Waals surface area contributed by atoms with Crippen LogP contribution in [-0.4, -0.2) is 38.2 Å². The maximum Gasteiger partial charge on any atom is 0.573 e. The average molecular weight is 427 g/mol. The Balaban J connectivity index is 1.57. The number of nitrogens with zero attached hydrogens (tertiary/aromatic N) is 4. The number of carbonyl (C=O) groups is 1. The van der Waals surface area contributed by atoms with Gasteiger partial charge in [-0.3, -0.25) is 4.79 Å². The van der Waals surface area contributed by atoms with E-state index in [9.17, 15) is 22.4 Å². The Kier molecular flexibility index (Phi) is 6.32. The summed E-state index contributed by atoms with van der Waals surface area (Å²) >= 11 is 1.02. The van der Waals surface area contributed by atoms with E-state index in [4.69, 9.17) is 0 Å². The number of thioether (sulfide) groups is 1. The van der Waals surface area contributed by atoms with Crippen molar-refractivity contribution in [2.45, 2.75) is 18.1 Å². The molecule has 0 atom stereocenters. The number of carbonyl (C=O) groups excluding carboxylic acids is 1. The Bertz CT molecular complexity index is 978. The van der Waals surface area contributed by atoms with E-state index >= 15 is 0 Å². The van der Waals surface area contributed by atoms with Gasteiger partial charge in [-0.05, 0) is 40.8 Å². The highest BCUT2D eigenvalue weighted by atomic mass is 32.2. The van der Waals surface area contributed by atoms with Gasteiger partial charge in [-0.15, -0.1) is 18.3 Å². The smallest absolute Gasteiger partial charge is 0.406 e. The van der Waals surface area contributed by atoms with E-state index in [-0.39, 0.29) is 29.1 Å². The summed E-state index contributed by atoms with van der Waals surface area (Å²) in [5, 5.41) is 13.9. The molecule has 1 aromatic heterocycles. The highest BCUT2D eigenvalue weighted by Crippen LogP contribution is 2.25. The molecule has 0 aliphatic rings. The fraction of sp³-hybridized carbons (Fsp3) is 0.176. The predicted octanol–water partition coefficient (Wildman–Crippen LogP) is 3.11. The van der Waals surface area contributed by atoms with Gasteiger partial charge in [0.15, 0.2) is 0 Å². The number of hydrogen-bond acceptors (Lipinski definition) is 6. The number of benzene rings is 2. The molecular formula is C17H13F4N5O2S. The van der Waals surface area contributed by atoms with Gasteiger partial charge in [0.25, 0.3) is 0 Å². The minimum atomic E-state index is -4.78. The minimum absolute atomic E-state index is 0.0376. The fourth-order valence-electron chi connectivity index (χ4n) is 2.24. The topological polar surface area (TPSA) is 81.9 Å². The summed E-state index contributed by atoms with van der Waals surface area (Å²) in [4.78, 5) is 12.0. The maximum absolute atomic E-state index is 13.6. The van der Waals surface area contributed by atoms with Gasteiger partial charge in [0.05, 0.1) is 11.4 Å².